The minimum Gasteiger partial charge on any atom is -0.481 e. The van der Waals surface area contributed by atoms with Crippen molar-refractivity contribution >= 4 is 23.3 Å². The molecule has 1 aliphatic carbocycles. The lowest BCUT2D eigenvalue weighted by molar-refractivity contribution is -0.384. The Kier molecular flexibility index (Phi) is 4.77. The van der Waals surface area contributed by atoms with Crippen LogP contribution >= 0.6 is 0 Å². The monoisotopic (exact) mass is 325 g/mol. The minimum atomic E-state index is -0.925. The van der Waals surface area contributed by atoms with Crippen molar-refractivity contribution in [2.75, 3.05) is 5.73 Å². The first-order valence-electron chi connectivity index (χ1n) is 7.06. The second-order valence-electron chi connectivity index (χ2n) is 5.50. The predicted octanol–water partition coefficient (Wildman–Crippen LogP) is 1.69. The summed E-state index contributed by atoms with van der Waals surface area (Å²) >= 11 is 0. The molecular formula is C14H16FN3O5. The number of nitro groups is 1. The molecule has 1 aliphatic rings. The highest BCUT2D eigenvalue weighted by atomic mass is 19.1. The fourth-order valence-corrected chi connectivity index (χ4v) is 2.69. The number of carbonyl (C=O) groups is 2. The van der Waals surface area contributed by atoms with E-state index < -0.39 is 39.9 Å². The molecular weight excluding hydrogens is 309 g/mol. The van der Waals surface area contributed by atoms with Crippen LogP contribution < -0.4 is 11.1 Å². The van der Waals surface area contributed by atoms with E-state index in [0.29, 0.717) is 31.7 Å². The first-order chi connectivity index (χ1) is 10.8. The van der Waals surface area contributed by atoms with E-state index in [1.165, 1.54) is 0 Å². The molecule has 0 spiro atoms. The average molecular weight is 325 g/mol. The van der Waals surface area contributed by atoms with Gasteiger partial charge in [-0.05, 0) is 31.7 Å². The number of aliphatic carboxylic acids is 1. The highest BCUT2D eigenvalue weighted by Gasteiger charge is 2.28. The summed E-state index contributed by atoms with van der Waals surface area (Å²) in [5, 5.41) is 22.4. The van der Waals surface area contributed by atoms with Gasteiger partial charge in [-0.3, -0.25) is 19.7 Å². The summed E-state index contributed by atoms with van der Waals surface area (Å²) in [6, 6.07) is 1.24. The number of carboxylic acid groups (broad SMARTS) is 1. The highest BCUT2D eigenvalue weighted by Crippen LogP contribution is 2.28. The van der Waals surface area contributed by atoms with E-state index in [9.17, 15) is 24.1 Å². The summed E-state index contributed by atoms with van der Waals surface area (Å²) in [5.41, 5.74) is 4.22. The molecule has 0 radical (unpaired) electrons. The molecule has 0 bridgehead atoms. The molecule has 0 aliphatic heterocycles. The van der Waals surface area contributed by atoms with E-state index in [4.69, 9.17) is 10.8 Å². The SMILES string of the molecule is Nc1c(C(=O)NC2CCC(C(=O)O)CC2)cc(F)cc1[N+](=O)[O-]. The summed E-state index contributed by atoms with van der Waals surface area (Å²) in [6.45, 7) is 0. The van der Waals surface area contributed by atoms with Crippen molar-refractivity contribution in [1.82, 2.24) is 5.32 Å². The van der Waals surface area contributed by atoms with Crippen molar-refractivity contribution in [3.63, 3.8) is 0 Å². The number of anilines is 1. The Morgan fingerprint density at radius 3 is 2.43 bits per heavy atom. The molecule has 2 rings (SSSR count). The fraction of sp³-hybridized carbons (Fsp3) is 0.429. The number of nitrogens with zero attached hydrogens (tertiary/aromatic N) is 1. The van der Waals surface area contributed by atoms with Gasteiger partial charge in [-0.1, -0.05) is 0 Å². The molecule has 0 heterocycles. The maximum absolute atomic E-state index is 13.4. The summed E-state index contributed by atoms with van der Waals surface area (Å²) in [7, 11) is 0. The first-order valence-corrected chi connectivity index (χ1v) is 7.06. The molecule has 0 saturated heterocycles. The van der Waals surface area contributed by atoms with E-state index >= 15 is 0 Å². The number of carboxylic acids is 1. The quantitative estimate of drug-likeness (QED) is 0.438. The molecule has 0 unspecified atom stereocenters. The Morgan fingerprint density at radius 1 is 1.30 bits per heavy atom. The lowest BCUT2D eigenvalue weighted by atomic mass is 9.86. The summed E-state index contributed by atoms with van der Waals surface area (Å²) in [5.74, 6) is -2.92. The summed E-state index contributed by atoms with van der Waals surface area (Å²) < 4.78 is 13.4. The molecule has 1 amide bonds. The van der Waals surface area contributed by atoms with Gasteiger partial charge in [0.2, 0.25) is 0 Å². The summed E-state index contributed by atoms with van der Waals surface area (Å²) in [4.78, 5) is 33.0. The first kappa shape index (κ1) is 16.7. The van der Waals surface area contributed by atoms with Crippen LogP contribution in [0.1, 0.15) is 36.0 Å². The second-order valence-corrected chi connectivity index (χ2v) is 5.50. The number of benzene rings is 1. The third-order valence-corrected chi connectivity index (χ3v) is 3.98. The van der Waals surface area contributed by atoms with Crippen LogP contribution in [0.25, 0.3) is 0 Å². The molecule has 8 nitrogen and oxygen atoms in total. The number of rotatable bonds is 4. The average Bonchev–Trinajstić information content (AvgIpc) is 2.49. The number of halogens is 1. The zero-order valence-corrected chi connectivity index (χ0v) is 12.1. The number of carbonyl (C=O) groups excluding carboxylic acids is 1. The topological polar surface area (TPSA) is 136 Å². The number of amides is 1. The molecule has 23 heavy (non-hydrogen) atoms. The predicted molar refractivity (Wildman–Crippen MR) is 78.3 cm³/mol. The maximum atomic E-state index is 13.4. The van der Waals surface area contributed by atoms with Crippen LogP contribution in [0, 0.1) is 21.8 Å². The number of hydrogen-bond acceptors (Lipinski definition) is 5. The van der Waals surface area contributed by atoms with Crippen LogP contribution in [0.5, 0.6) is 0 Å². The highest BCUT2D eigenvalue weighted by molar-refractivity contribution is 6.01. The standard InChI is InChI=1S/C14H16FN3O5/c15-8-5-10(12(16)11(6-8)18(22)23)13(19)17-9-3-1-7(2-4-9)14(20)21/h5-7,9H,1-4,16H2,(H,17,19)(H,20,21). The number of hydrogen-bond donors (Lipinski definition) is 3. The van der Waals surface area contributed by atoms with Gasteiger partial charge in [0, 0.05) is 6.04 Å². The van der Waals surface area contributed by atoms with E-state index in [-0.39, 0.29) is 11.6 Å². The maximum Gasteiger partial charge on any atom is 0.306 e. The second kappa shape index (κ2) is 6.59. The molecule has 0 atom stereocenters. The number of nitrogens with two attached hydrogens (primary N) is 1. The molecule has 1 fully saturated rings. The molecule has 0 aromatic heterocycles. The van der Waals surface area contributed by atoms with Gasteiger partial charge in [-0.2, -0.15) is 0 Å². The Morgan fingerprint density at radius 2 is 1.91 bits per heavy atom. The van der Waals surface area contributed by atoms with E-state index in [1.54, 1.807) is 0 Å². The third-order valence-electron chi connectivity index (χ3n) is 3.98. The molecule has 4 N–H and O–H groups in total. The van der Waals surface area contributed by atoms with Crippen LogP contribution in [0.4, 0.5) is 15.8 Å². The lowest BCUT2D eigenvalue weighted by Gasteiger charge is -2.26. The van der Waals surface area contributed by atoms with E-state index in [1.807, 2.05) is 0 Å². The van der Waals surface area contributed by atoms with Crippen molar-refractivity contribution < 1.29 is 24.0 Å². The molecule has 1 saturated carbocycles. The Labute approximate surface area is 130 Å². The normalized spacial score (nSPS) is 20.7. The van der Waals surface area contributed by atoms with Gasteiger partial charge in [0.1, 0.15) is 11.5 Å². The van der Waals surface area contributed by atoms with Crippen molar-refractivity contribution in [2.45, 2.75) is 31.7 Å². The minimum absolute atomic E-state index is 0.264. The molecule has 124 valence electrons. The third kappa shape index (κ3) is 3.74. The smallest absolute Gasteiger partial charge is 0.306 e. The van der Waals surface area contributed by atoms with Crippen LogP contribution in [0.2, 0.25) is 0 Å². The van der Waals surface area contributed by atoms with Gasteiger partial charge in [0.15, 0.2) is 0 Å². The zero-order chi connectivity index (χ0) is 17.1. The Bertz CT molecular complexity index is 656. The van der Waals surface area contributed by atoms with E-state index in [0.717, 1.165) is 6.07 Å². The van der Waals surface area contributed by atoms with Crippen molar-refractivity contribution in [1.29, 1.82) is 0 Å². The number of nitrogen functional groups attached to an aromatic ring is 1. The van der Waals surface area contributed by atoms with Gasteiger partial charge in [-0.25, -0.2) is 4.39 Å². The van der Waals surface area contributed by atoms with E-state index in [2.05, 4.69) is 5.32 Å². The van der Waals surface area contributed by atoms with Crippen LogP contribution in [-0.4, -0.2) is 27.9 Å². The fourth-order valence-electron chi connectivity index (χ4n) is 2.69. The Hall–Kier alpha value is -2.71. The van der Waals surface area contributed by atoms with Crippen molar-refractivity contribution in [3.05, 3.63) is 33.6 Å². The molecule has 1 aromatic carbocycles. The van der Waals surface area contributed by atoms with Crippen LogP contribution in [0.15, 0.2) is 12.1 Å². The lowest BCUT2D eigenvalue weighted by Crippen LogP contribution is -2.39. The van der Waals surface area contributed by atoms with Gasteiger partial charge >= 0.3 is 5.97 Å². The van der Waals surface area contributed by atoms with Gasteiger partial charge in [0.25, 0.3) is 11.6 Å². The van der Waals surface area contributed by atoms with Gasteiger partial charge in [0.05, 0.1) is 22.5 Å². The van der Waals surface area contributed by atoms with Crippen LogP contribution in [0.3, 0.4) is 0 Å². The molecule has 9 heteroatoms. The Balaban J connectivity index is 2.10. The van der Waals surface area contributed by atoms with Crippen LogP contribution in [-0.2, 0) is 4.79 Å². The van der Waals surface area contributed by atoms with Gasteiger partial charge in [-0.15, -0.1) is 0 Å². The van der Waals surface area contributed by atoms with Gasteiger partial charge < -0.3 is 16.2 Å². The zero-order valence-electron chi connectivity index (χ0n) is 12.1. The largest absolute Gasteiger partial charge is 0.481 e. The number of nitro benzene ring substituents is 1. The number of nitrogens with one attached hydrogen (secondary N) is 1. The van der Waals surface area contributed by atoms with Crippen molar-refractivity contribution in [3.8, 4) is 0 Å². The molecule has 1 aromatic rings. The summed E-state index contributed by atoms with van der Waals surface area (Å²) in [6.07, 6.45) is 1.80. The van der Waals surface area contributed by atoms with Crippen molar-refractivity contribution in [2.24, 2.45) is 5.92 Å².